The largest absolute Gasteiger partial charge is 0.396 e. The minimum Gasteiger partial charge on any atom is -0.396 e. The van der Waals surface area contributed by atoms with Gasteiger partial charge in [0.05, 0.1) is 0 Å². The molecule has 0 aromatic carbocycles. The van der Waals surface area contributed by atoms with Crippen molar-refractivity contribution in [3.63, 3.8) is 0 Å². The molecular weight excluding hydrogens is 186 g/mol. The van der Waals surface area contributed by atoms with E-state index in [9.17, 15) is 0 Å². The summed E-state index contributed by atoms with van der Waals surface area (Å²) in [5.74, 6) is 0.828. The lowest BCUT2D eigenvalue weighted by Crippen LogP contribution is -2.38. The molecule has 0 aromatic heterocycles. The van der Waals surface area contributed by atoms with E-state index in [0.29, 0.717) is 6.61 Å². The van der Waals surface area contributed by atoms with Crippen LogP contribution in [-0.2, 0) is 0 Å². The Balaban J connectivity index is 2.39. The standard InChI is InChI=1S/C13H27NO/c1-12-8-5-3-4-6-9-13(12)14(2)10-7-11-15/h12-13,15H,3-11H2,1-2H3. The Morgan fingerprint density at radius 1 is 1.13 bits per heavy atom. The molecule has 0 aliphatic heterocycles. The minimum absolute atomic E-state index is 0.325. The summed E-state index contributed by atoms with van der Waals surface area (Å²) in [5.41, 5.74) is 0. The highest BCUT2D eigenvalue weighted by Gasteiger charge is 2.22. The molecule has 0 spiro atoms. The molecular formula is C13H27NO. The van der Waals surface area contributed by atoms with Gasteiger partial charge in [0.1, 0.15) is 0 Å². The van der Waals surface area contributed by atoms with Crippen molar-refractivity contribution in [2.24, 2.45) is 5.92 Å². The lowest BCUT2D eigenvalue weighted by Gasteiger charge is -2.34. The van der Waals surface area contributed by atoms with Gasteiger partial charge in [-0.05, 0) is 32.2 Å². The zero-order chi connectivity index (χ0) is 11.1. The predicted octanol–water partition coefficient (Wildman–Crippen LogP) is 2.66. The van der Waals surface area contributed by atoms with Crippen molar-refractivity contribution in [2.75, 3.05) is 20.2 Å². The van der Waals surface area contributed by atoms with E-state index in [0.717, 1.165) is 24.9 Å². The molecule has 1 saturated carbocycles. The van der Waals surface area contributed by atoms with E-state index in [2.05, 4.69) is 18.9 Å². The summed E-state index contributed by atoms with van der Waals surface area (Å²) in [6.45, 7) is 3.77. The first kappa shape index (κ1) is 13.0. The summed E-state index contributed by atoms with van der Waals surface area (Å²) in [6.07, 6.45) is 9.29. The third-order valence-electron chi connectivity index (χ3n) is 3.80. The van der Waals surface area contributed by atoms with Gasteiger partial charge < -0.3 is 10.0 Å². The van der Waals surface area contributed by atoms with Gasteiger partial charge in [-0.25, -0.2) is 0 Å². The number of hydrogen-bond donors (Lipinski definition) is 1. The fourth-order valence-electron chi connectivity index (χ4n) is 2.79. The van der Waals surface area contributed by atoms with Gasteiger partial charge in [0, 0.05) is 19.2 Å². The van der Waals surface area contributed by atoms with E-state index in [4.69, 9.17) is 5.11 Å². The van der Waals surface area contributed by atoms with Crippen molar-refractivity contribution in [3.05, 3.63) is 0 Å². The van der Waals surface area contributed by atoms with Crippen LogP contribution in [0.5, 0.6) is 0 Å². The average molecular weight is 213 g/mol. The van der Waals surface area contributed by atoms with Gasteiger partial charge >= 0.3 is 0 Å². The molecule has 1 aliphatic carbocycles. The highest BCUT2D eigenvalue weighted by Crippen LogP contribution is 2.25. The summed E-state index contributed by atoms with van der Waals surface area (Å²) in [6, 6.07) is 0.747. The van der Waals surface area contributed by atoms with Crippen LogP contribution in [0, 0.1) is 5.92 Å². The van der Waals surface area contributed by atoms with Crippen LogP contribution in [0.1, 0.15) is 51.9 Å². The van der Waals surface area contributed by atoms with Crippen LogP contribution in [0.25, 0.3) is 0 Å². The van der Waals surface area contributed by atoms with Crippen molar-refractivity contribution in [1.29, 1.82) is 0 Å². The maximum atomic E-state index is 8.85. The molecule has 90 valence electrons. The molecule has 1 rings (SSSR count). The Kier molecular flexibility index (Phi) is 6.26. The smallest absolute Gasteiger partial charge is 0.0443 e. The first-order valence-electron chi connectivity index (χ1n) is 6.57. The highest BCUT2D eigenvalue weighted by molar-refractivity contribution is 4.77. The molecule has 0 bridgehead atoms. The maximum absolute atomic E-state index is 8.85. The summed E-state index contributed by atoms with van der Waals surface area (Å²) in [5, 5.41) is 8.85. The molecule has 0 radical (unpaired) electrons. The summed E-state index contributed by atoms with van der Waals surface area (Å²) in [4.78, 5) is 2.46. The molecule has 0 heterocycles. The Morgan fingerprint density at radius 3 is 2.47 bits per heavy atom. The minimum atomic E-state index is 0.325. The van der Waals surface area contributed by atoms with Crippen LogP contribution in [0.4, 0.5) is 0 Å². The molecule has 1 aliphatic rings. The van der Waals surface area contributed by atoms with Gasteiger partial charge in [0.2, 0.25) is 0 Å². The first-order valence-corrected chi connectivity index (χ1v) is 6.57. The third-order valence-corrected chi connectivity index (χ3v) is 3.80. The van der Waals surface area contributed by atoms with Crippen LogP contribution in [0.15, 0.2) is 0 Å². The van der Waals surface area contributed by atoms with Gasteiger partial charge in [-0.1, -0.05) is 32.6 Å². The van der Waals surface area contributed by atoms with Gasteiger partial charge in [-0.3, -0.25) is 0 Å². The van der Waals surface area contributed by atoms with Crippen LogP contribution in [-0.4, -0.2) is 36.2 Å². The second-order valence-corrected chi connectivity index (χ2v) is 5.09. The molecule has 1 N–H and O–H groups in total. The van der Waals surface area contributed by atoms with Gasteiger partial charge in [0.15, 0.2) is 0 Å². The molecule has 0 amide bonds. The lowest BCUT2D eigenvalue weighted by molar-refractivity contribution is 0.142. The van der Waals surface area contributed by atoms with E-state index in [1.807, 2.05) is 0 Å². The van der Waals surface area contributed by atoms with Crippen LogP contribution < -0.4 is 0 Å². The van der Waals surface area contributed by atoms with Crippen molar-refractivity contribution >= 4 is 0 Å². The van der Waals surface area contributed by atoms with Gasteiger partial charge in [0.25, 0.3) is 0 Å². The summed E-state index contributed by atoms with van der Waals surface area (Å²) in [7, 11) is 2.22. The van der Waals surface area contributed by atoms with Crippen LogP contribution >= 0.6 is 0 Å². The van der Waals surface area contributed by atoms with Gasteiger partial charge in [-0.15, -0.1) is 0 Å². The quantitative estimate of drug-likeness (QED) is 0.776. The molecule has 1 fully saturated rings. The number of aliphatic hydroxyl groups is 1. The Hall–Kier alpha value is -0.0800. The fourth-order valence-corrected chi connectivity index (χ4v) is 2.79. The number of rotatable bonds is 4. The lowest BCUT2D eigenvalue weighted by atomic mass is 9.87. The summed E-state index contributed by atoms with van der Waals surface area (Å²) >= 11 is 0. The fraction of sp³-hybridized carbons (Fsp3) is 1.00. The van der Waals surface area contributed by atoms with Crippen LogP contribution in [0.2, 0.25) is 0 Å². The van der Waals surface area contributed by atoms with Crippen molar-refractivity contribution in [2.45, 2.75) is 57.9 Å². The molecule has 2 heteroatoms. The number of nitrogens with zero attached hydrogens (tertiary/aromatic N) is 1. The van der Waals surface area contributed by atoms with Crippen molar-refractivity contribution in [3.8, 4) is 0 Å². The third kappa shape index (κ3) is 4.52. The van der Waals surface area contributed by atoms with E-state index in [1.54, 1.807) is 0 Å². The SMILES string of the molecule is CC1CCCCCCC1N(C)CCCO. The Labute approximate surface area is 94.7 Å². The number of hydrogen-bond acceptors (Lipinski definition) is 2. The van der Waals surface area contributed by atoms with E-state index >= 15 is 0 Å². The second kappa shape index (κ2) is 7.24. The van der Waals surface area contributed by atoms with E-state index in [-0.39, 0.29) is 0 Å². The maximum Gasteiger partial charge on any atom is 0.0443 e. The Morgan fingerprint density at radius 2 is 1.80 bits per heavy atom. The zero-order valence-corrected chi connectivity index (χ0v) is 10.4. The summed E-state index contributed by atoms with van der Waals surface area (Å²) < 4.78 is 0. The molecule has 2 unspecified atom stereocenters. The van der Waals surface area contributed by atoms with Crippen molar-refractivity contribution < 1.29 is 5.11 Å². The van der Waals surface area contributed by atoms with Gasteiger partial charge in [-0.2, -0.15) is 0 Å². The molecule has 2 nitrogen and oxygen atoms in total. The zero-order valence-electron chi connectivity index (χ0n) is 10.4. The molecule has 0 aromatic rings. The van der Waals surface area contributed by atoms with Crippen LogP contribution in [0.3, 0.4) is 0 Å². The second-order valence-electron chi connectivity index (χ2n) is 5.09. The average Bonchev–Trinajstić information content (AvgIpc) is 2.20. The number of aliphatic hydroxyl groups excluding tert-OH is 1. The van der Waals surface area contributed by atoms with Crippen molar-refractivity contribution in [1.82, 2.24) is 4.90 Å². The van der Waals surface area contributed by atoms with E-state index < -0.39 is 0 Å². The molecule has 0 saturated heterocycles. The first-order chi connectivity index (χ1) is 7.25. The topological polar surface area (TPSA) is 23.5 Å². The van der Waals surface area contributed by atoms with E-state index in [1.165, 1.54) is 38.5 Å². The molecule has 2 atom stereocenters. The molecule has 15 heavy (non-hydrogen) atoms. The Bertz CT molecular complexity index is 161. The highest BCUT2D eigenvalue weighted by atomic mass is 16.3. The monoisotopic (exact) mass is 213 g/mol. The normalized spacial score (nSPS) is 28.8. The predicted molar refractivity (Wildman–Crippen MR) is 65.0 cm³/mol.